The third-order valence-electron chi connectivity index (χ3n) is 4.87. The third-order valence-corrected chi connectivity index (χ3v) is 4.87. The lowest BCUT2D eigenvalue weighted by molar-refractivity contribution is 0.304. The second-order valence-corrected chi connectivity index (χ2v) is 6.85. The molecule has 0 aliphatic heterocycles. The minimum absolute atomic E-state index is 0.551. The first-order chi connectivity index (χ1) is 14.3. The van der Waals surface area contributed by atoms with Crippen LogP contribution in [0.2, 0.25) is 0 Å². The fourth-order valence-electron chi connectivity index (χ4n) is 3.39. The standard InChI is InChI=1S/C26H25NO2/c1-2-28-23-15-13-22(14-16-23)27-18-25-24-11-7-6-10-21(24)12-17-26(25)29-19-20-8-4-3-5-9-20/h3-17,27H,2,18-19H2,1H3. The van der Waals surface area contributed by atoms with Crippen LogP contribution in [0.15, 0.2) is 91.0 Å². The summed E-state index contributed by atoms with van der Waals surface area (Å²) in [4.78, 5) is 0. The van der Waals surface area contributed by atoms with Gasteiger partial charge >= 0.3 is 0 Å². The summed E-state index contributed by atoms with van der Waals surface area (Å²) in [5.74, 6) is 1.79. The van der Waals surface area contributed by atoms with Gasteiger partial charge in [0.15, 0.2) is 0 Å². The van der Waals surface area contributed by atoms with E-state index >= 15 is 0 Å². The topological polar surface area (TPSA) is 30.5 Å². The Labute approximate surface area is 171 Å². The Morgan fingerprint density at radius 3 is 2.28 bits per heavy atom. The molecule has 0 atom stereocenters. The fourth-order valence-corrected chi connectivity index (χ4v) is 3.39. The van der Waals surface area contributed by atoms with Crippen LogP contribution in [0.1, 0.15) is 18.1 Å². The molecule has 0 heterocycles. The molecular weight excluding hydrogens is 358 g/mol. The van der Waals surface area contributed by atoms with Crippen molar-refractivity contribution < 1.29 is 9.47 Å². The van der Waals surface area contributed by atoms with Gasteiger partial charge in [0.25, 0.3) is 0 Å². The molecule has 0 unspecified atom stereocenters. The summed E-state index contributed by atoms with van der Waals surface area (Å²) in [6.07, 6.45) is 0. The van der Waals surface area contributed by atoms with Gasteiger partial charge in [-0.3, -0.25) is 0 Å². The van der Waals surface area contributed by atoms with E-state index in [0.717, 1.165) is 28.3 Å². The first kappa shape index (κ1) is 18.9. The molecule has 0 aromatic heterocycles. The summed E-state index contributed by atoms with van der Waals surface area (Å²) in [6.45, 7) is 3.89. The van der Waals surface area contributed by atoms with E-state index in [1.54, 1.807) is 0 Å². The van der Waals surface area contributed by atoms with Gasteiger partial charge in [-0.05, 0) is 53.6 Å². The van der Waals surface area contributed by atoms with Crippen LogP contribution in [0, 0.1) is 0 Å². The van der Waals surface area contributed by atoms with Crippen molar-refractivity contribution >= 4 is 16.5 Å². The molecule has 29 heavy (non-hydrogen) atoms. The minimum Gasteiger partial charge on any atom is -0.494 e. The number of fused-ring (bicyclic) bond motifs is 1. The molecule has 1 N–H and O–H groups in total. The molecule has 0 saturated heterocycles. The third kappa shape index (κ3) is 4.69. The fraction of sp³-hybridized carbons (Fsp3) is 0.154. The molecule has 0 saturated carbocycles. The molecule has 0 aliphatic carbocycles. The highest BCUT2D eigenvalue weighted by molar-refractivity contribution is 5.88. The van der Waals surface area contributed by atoms with Gasteiger partial charge in [-0.2, -0.15) is 0 Å². The van der Waals surface area contributed by atoms with Crippen LogP contribution in [0.25, 0.3) is 10.8 Å². The lowest BCUT2D eigenvalue weighted by atomic mass is 10.0. The predicted molar refractivity (Wildman–Crippen MR) is 120 cm³/mol. The molecule has 146 valence electrons. The normalized spacial score (nSPS) is 10.7. The van der Waals surface area contributed by atoms with Crippen LogP contribution in [0.5, 0.6) is 11.5 Å². The number of rotatable bonds is 8. The zero-order chi connectivity index (χ0) is 19.9. The highest BCUT2D eigenvalue weighted by Crippen LogP contribution is 2.30. The van der Waals surface area contributed by atoms with Gasteiger partial charge in [-0.25, -0.2) is 0 Å². The van der Waals surface area contributed by atoms with E-state index in [-0.39, 0.29) is 0 Å². The number of anilines is 1. The zero-order valence-electron chi connectivity index (χ0n) is 16.6. The SMILES string of the molecule is CCOc1ccc(NCc2c(OCc3ccccc3)ccc3ccccc23)cc1. The molecule has 4 aromatic carbocycles. The van der Waals surface area contributed by atoms with Crippen molar-refractivity contribution in [1.82, 2.24) is 0 Å². The summed E-state index contributed by atoms with van der Waals surface area (Å²) in [5, 5.41) is 5.94. The Bertz CT molecular complexity index is 1060. The number of hydrogen-bond donors (Lipinski definition) is 1. The molecule has 4 rings (SSSR count). The van der Waals surface area contributed by atoms with Gasteiger partial charge < -0.3 is 14.8 Å². The van der Waals surface area contributed by atoms with E-state index in [2.05, 4.69) is 53.8 Å². The molecule has 0 spiro atoms. The van der Waals surface area contributed by atoms with Crippen LogP contribution < -0.4 is 14.8 Å². The molecule has 0 fully saturated rings. The van der Waals surface area contributed by atoms with Crippen LogP contribution in [-0.2, 0) is 13.2 Å². The Kier molecular flexibility index (Phi) is 5.96. The number of ether oxygens (including phenoxy) is 2. The lowest BCUT2D eigenvalue weighted by Crippen LogP contribution is -2.05. The Morgan fingerprint density at radius 1 is 0.724 bits per heavy atom. The summed E-state index contributed by atoms with van der Waals surface area (Å²) >= 11 is 0. The lowest BCUT2D eigenvalue weighted by Gasteiger charge is -2.16. The van der Waals surface area contributed by atoms with Crippen molar-refractivity contribution in [2.75, 3.05) is 11.9 Å². The molecule has 0 aliphatic rings. The second kappa shape index (κ2) is 9.16. The molecule has 3 nitrogen and oxygen atoms in total. The van der Waals surface area contributed by atoms with E-state index in [1.807, 2.05) is 49.4 Å². The van der Waals surface area contributed by atoms with Crippen molar-refractivity contribution in [3.8, 4) is 11.5 Å². The van der Waals surface area contributed by atoms with E-state index in [0.29, 0.717) is 19.8 Å². The average Bonchev–Trinajstić information content (AvgIpc) is 2.78. The molecule has 0 radical (unpaired) electrons. The number of nitrogens with one attached hydrogen (secondary N) is 1. The van der Waals surface area contributed by atoms with Gasteiger partial charge in [0, 0.05) is 17.8 Å². The van der Waals surface area contributed by atoms with E-state index in [9.17, 15) is 0 Å². The first-order valence-electron chi connectivity index (χ1n) is 9.97. The molecule has 0 amide bonds. The maximum Gasteiger partial charge on any atom is 0.125 e. The van der Waals surface area contributed by atoms with Crippen molar-refractivity contribution in [2.24, 2.45) is 0 Å². The van der Waals surface area contributed by atoms with E-state index < -0.39 is 0 Å². The first-order valence-corrected chi connectivity index (χ1v) is 9.97. The Balaban J connectivity index is 1.56. The largest absolute Gasteiger partial charge is 0.494 e. The van der Waals surface area contributed by atoms with Crippen molar-refractivity contribution in [3.63, 3.8) is 0 Å². The Hall–Kier alpha value is -3.46. The van der Waals surface area contributed by atoms with Gasteiger partial charge in [-0.1, -0.05) is 60.7 Å². The summed E-state index contributed by atoms with van der Waals surface area (Å²) < 4.78 is 11.7. The van der Waals surface area contributed by atoms with E-state index in [4.69, 9.17) is 9.47 Å². The summed E-state index contributed by atoms with van der Waals surface area (Å²) in [6, 6.07) is 30.9. The number of hydrogen-bond acceptors (Lipinski definition) is 3. The van der Waals surface area contributed by atoms with Crippen molar-refractivity contribution in [1.29, 1.82) is 0 Å². The quantitative estimate of drug-likeness (QED) is 0.380. The van der Waals surface area contributed by atoms with Crippen LogP contribution >= 0.6 is 0 Å². The van der Waals surface area contributed by atoms with Crippen LogP contribution in [0.3, 0.4) is 0 Å². The molecular formula is C26H25NO2. The maximum absolute atomic E-state index is 6.21. The molecule has 0 bridgehead atoms. The van der Waals surface area contributed by atoms with Crippen LogP contribution in [0.4, 0.5) is 5.69 Å². The Morgan fingerprint density at radius 2 is 1.48 bits per heavy atom. The highest BCUT2D eigenvalue weighted by atomic mass is 16.5. The van der Waals surface area contributed by atoms with Gasteiger partial charge in [0.05, 0.1) is 6.61 Å². The monoisotopic (exact) mass is 383 g/mol. The maximum atomic E-state index is 6.21. The molecule has 3 heteroatoms. The smallest absolute Gasteiger partial charge is 0.125 e. The van der Waals surface area contributed by atoms with Gasteiger partial charge in [-0.15, -0.1) is 0 Å². The summed E-state index contributed by atoms with van der Waals surface area (Å²) in [7, 11) is 0. The molecule has 4 aromatic rings. The van der Waals surface area contributed by atoms with Crippen LogP contribution in [-0.4, -0.2) is 6.61 Å². The number of benzene rings is 4. The van der Waals surface area contributed by atoms with Gasteiger partial charge in [0.1, 0.15) is 18.1 Å². The second-order valence-electron chi connectivity index (χ2n) is 6.85. The van der Waals surface area contributed by atoms with Crippen molar-refractivity contribution in [2.45, 2.75) is 20.1 Å². The average molecular weight is 383 g/mol. The highest BCUT2D eigenvalue weighted by Gasteiger charge is 2.09. The van der Waals surface area contributed by atoms with Gasteiger partial charge in [0.2, 0.25) is 0 Å². The zero-order valence-corrected chi connectivity index (χ0v) is 16.6. The summed E-state index contributed by atoms with van der Waals surface area (Å²) in [5.41, 5.74) is 3.37. The van der Waals surface area contributed by atoms with E-state index in [1.165, 1.54) is 10.8 Å². The van der Waals surface area contributed by atoms with Crippen molar-refractivity contribution in [3.05, 3.63) is 102 Å². The minimum atomic E-state index is 0.551. The predicted octanol–water partition coefficient (Wildman–Crippen LogP) is 6.43.